The summed E-state index contributed by atoms with van der Waals surface area (Å²) in [6.07, 6.45) is 0. The number of ether oxygens (including phenoxy) is 2. The summed E-state index contributed by atoms with van der Waals surface area (Å²) < 4.78 is 10.4. The van der Waals surface area contributed by atoms with Crippen molar-refractivity contribution < 1.29 is 9.47 Å². The topological polar surface area (TPSA) is 18.5 Å². The molecule has 0 aliphatic rings. The smallest absolute Gasteiger partial charge is 0.119 e. The number of benzene rings is 1. The third-order valence-electron chi connectivity index (χ3n) is 2.15. The highest BCUT2D eigenvalue weighted by molar-refractivity contribution is 6.31. The van der Waals surface area contributed by atoms with Gasteiger partial charge in [0, 0.05) is 12.1 Å². The Bertz CT molecular complexity index is 310. The molecule has 1 rings (SSSR count). The van der Waals surface area contributed by atoms with Crippen molar-refractivity contribution >= 4 is 11.6 Å². The van der Waals surface area contributed by atoms with Crippen LogP contribution in [0.1, 0.15) is 25.3 Å². The summed E-state index contributed by atoms with van der Waals surface area (Å²) in [5, 5.41) is 0.795. The lowest BCUT2D eigenvalue weighted by Gasteiger charge is -2.11. The van der Waals surface area contributed by atoms with E-state index in [9.17, 15) is 0 Å². The molecule has 2 nitrogen and oxygen atoms in total. The quantitative estimate of drug-likeness (QED) is 0.719. The van der Waals surface area contributed by atoms with Crippen LogP contribution in [0.15, 0.2) is 18.2 Å². The minimum Gasteiger partial charge on any atom is -0.491 e. The number of hydrogen-bond acceptors (Lipinski definition) is 2. The van der Waals surface area contributed by atoms with Crippen molar-refractivity contribution in [1.29, 1.82) is 0 Å². The summed E-state index contributed by atoms with van der Waals surface area (Å²) in [7, 11) is 1.66. The molecule has 0 aliphatic carbocycles. The molecule has 15 heavy (non-hydrogen) atoms. The molecule has 0 aliphatic heterocycles. The Morgan fingerprint density at radius 2 is 2.00 bits per heavy atom. The minimum atomic E-state index is 0.406. The first-order valence-corrected chi connectivity index (χ1v) is 5.44. The molecule has 0 bridgehead atoms. The van der Waals surface area contributed by atoms with Gasteiger partial charge in [-0.25, -0.2) is 0 Å². The monoisotopic (exact) mass is 228 g/mol. The number of rotatable bonds is 5. The van der Waals surface area contributed by atoms with Crippen LogP contribution in [-0.4, -0.2) is 20.3 Å². The Kier molecular flexibility index (Phi) is 4.92. The molecule has 0 radical (unpaired) electrons. The fraction of sp³-hybridized carbons (Fsp3) is 0.500. The lowest BCUT2D eigenvalue weighted by atomic mass is 10.0. The van der Waals surface area contributed by atoms with Crippen LogP contribution < -0.4 is 4.74 Å². The predicted molar refractivity (Wildman–Crippen MR) is 62.9 cm³/mol. The number of halogens is 1. The zero-order valence-corrected chi connectivity index (χ0v) is 10.2. The highest BCUT2D eigenvalue weighted by atomic mass is 35.5. The fourth-order valence-corrected chi connectivity index (χ4v) is 1.63. The standard InChI is InChI=1S/C12H17ClO2/c1-9(2)11-8-10(4-5-12(11)13)15-7-6-14-3/h4-5,8-9H,6-7H2,1-3H3. The van der Waals surface area contributed by atoms with Gasteiger partial charge in [0.2, 0.25) is 0 Å². The van der Waals surface area contributed by atoms with Gasteiger partial charge >= 0.3 is 0 Å². The van der Waals surface area contributed by atoms with Crippen LogP contribution in [0.5, 0.6) is 5.75 Å². The van der Waals surface area contributed by atoms with Crippen LogP contribution in [-0.2, 0) is 4.74 Å². The summed E-state index contributed by atoms with van der Waals surface area (Å²) in [6.45, 7) is 5.38. The van der Waals surface area contributed by atoms with Gasteiger partial charge in [-0.15, -0.1) is 0 Å². The summed E-state index contributed by atoms with van der Waals surface area (Å²) in [6, 6.07) is 5.74. The average Bonchev–Trinajstić information content (AvgIpc) is 2.20. The molecule has 84 valence electrons. The SMILES string of the molecule is COCCOc1ccc(Cl)c(C(C)C)c1. The fourth-order valence-electron chi connectivity index (χ4n) is 1.30. The van der Waals surface area contributed by atoms with Gasteiger partial charge < -0.3 is 9.47 Å². The van der Waals surface area contributed by atoms with Gasteiger partial charge in [-0.2, -0.15) is 0 Å². The zero-order valence-electron chi connectivity index (χ0n) is 9.42. The number of hydrogen-bond donors (Lipinski definition) is 0. The Labute approximate surface area is 96.2 Å². The van der Waals surface area contributed by atoms with E-state index in [1.165, 1.54) is 0 Å². The van der Waals surface area contributed by atoms with E-state index in [2.05, 4.69) is 13.8 Å². The van der Waals surface area contributed by atoms with E-state index >= 15 is 0 Å². The lowest BCUT2D eigenvalue weighted by molar-refractivity contribution is 0.146. The van der Waals surface area contributed by atoms with Gasteiger partial charge in [0.15, 0.2) is 0 Å². The van der Waals surface area contributed by atoms with Crippen molar-refractivity contribution in [3.8, 4) is 5.75 Å². The number of methoxy groups -OCH3 is 1. The molecule has 0 N–H and O–H groups in total. The van der Waals surface area contributed by atoms with Gasteiger partial charge in [0.1, 0.15) is 12.4 Å². The van der Waals surface area contributed by atoms with Gasteiger partial charge in [0.05, 0.1) is 6.61 Å². The summed E-state index contributed by atoms with van der Waals surface area (Å²) in [4.78, 5) is 0. The summed E-state index contributed by atoms with van der Waals surface area (Å²) >= 11 is 6.07. The molecule has 0 fully saturated rings. The maximum absolute atomic E-state index is 6.07. The normalized spacial score (nSPS) is 10.7. The second-order valence-electron chi connectivity index (χ2n) is 3.68. The Morgan fingerprint density at radius 3 is 2.60 bits per heavy atom. The van der Waals surface area contributed by atoms with Crippen molar-refractivity contribution in [2.24, 2.45) is 0 Å². The molecule has 0 amide bonds. The minimum absolute atomic E-state index is 0.406. The van der Waals surface area contributed by atoms with Crippen LogP contribution in [0.3, 0.4) is 0 Å². The van der Waals surface area contributed by atoms with E-state index in [-0.39, 0.29) is 0 Å². The van der Waals surface area contributed by atoms with Crippen molar-refractivity contribution in [1.82, 2.24) is 0 Å². The molecule has 0 unspecified atom stereocenters. The van der Waals surface area contributed by atoms with Crippen molar-refractivity contribution in [2.75, 3.05) is 20.3 Å². The van der Waals surface area contributed by atoms with Gasteiger partial charge in [-0.1, -0.05) is 25.4 Å². The molecule has 0 aromatic heterocycles. The zero-order chi connectivity index (χ0) is 11.3. The highest BCUT2D eigenvalue weighted by Crippen LogP contribution is 2.28. The maximum atomic E-state index is 6.07. The van der Waals surface area contributed by atoms with Crippen LogP contribution in [0.4, 0.5) is 0 Å². The maximum Gasteiger partial charge on any atom is 0.119 e. The molecule has 0 saturated carbocycles. The van der Waals surface area contributed by atoms with E-state index < -0.39 is 0 Å². The highest BCUT2D eigenvalue weighted by Gasteiger charge is 2.06. The lowest BCUT2D eigenvalue weighted by Crippen LogP contribution is -2.04. The van der Waals surface area contributed by atoms with E-state index in [1.807, 2.05) is 18.2 Å². The molecular weight excluding hydrogens is 212 g/mol. The van der Waals surface area contributed by atoms with Gasteiger partial charge in [0.25, 0.3) is 0 Å². The van der Waals surface area contributed by atoms with Crippen molar-refractivity contribution in [3.05, 3.63) is 28.8 Å². The molecule has 1 aromatic rings. The molecule has 0 spiro atoms. The molecule has 0 saturated heterocycles. The average molecular weight is 229 g/mol. The Morgan fingerprint density at radius 1 is 1.27 bits per heavy atom. The first-order valence-electron chi connectivity index (χ1n) is 5.06. The molecule has 0 atom stereocenters. The van der Waals surface area contributed by atoms with E-state index in [0.717, 1.165) is 16.3 Å². The summed E-state index contributed by atoms with van der Waals surface area (Å²) in [5.41, 5.74) is 1.12. The molecule has 3 heteroatoms. The molecular formula is C12H17ClO2. The van der Waals surface area contributed by atoms with Crippen LogP contribution >= 0.6 is 11.6 Å². The summed E-state index contributed by atoms with van der Waals surface area (Å²) in [5.74, 6) is 1.25. The Balaban J connectivity index is 2.70. The second kappa shape index (κ2) is 5.99. The Hall–Kier alpha value is -0.730. The third-order valence-corrected chi connectivity index (χ3v) is 2.49. The van der Waals surface area contributed by atoms with Crippen LogP contribution in [0.25, 0.3) is 0 Å². The van der Waals surface area contributed by atoms with Crippen molar-refractivity contribution in [2.45, 2.75) is 19.8 Å². The van der Waals surface area contributed by atoms with Crippen LogP contribution in [0, 0.1) is 0 Å². The first-order chi connectivity index (χ1) is 7.15. The van der Waals surface area contributed by atoms with Gasteiger partial charge in [-0.3, -0.25) is 0 Å². The van der Waals surface area contributed by atoms with E-state index in [0.29, 0.717) is 19.1 Å². The van der Waals surface area contributed by atoms with Gasteiger partial charge in [-0.05, 0) is 29.7 Å². The third kappa shape index (κ3) is 3.73. The first kappa shape index (κ1) is 12.3. The molecule has 1 aromatic carbocycles. The second-order valence-corrected chi connectivity index (χ2v) is 4.09. The largest absolute Gasteiger partial charge is 0.491 e. The predicted octanol–water partition coefficient (Wildman–Crippen LogP) is 3.49. The van der Waals surface area contributed by atoms with Crippen LogP contribution in [0.2, 0.25) is 5.02 Å². The van der Waals surface area contributed by atoms with E-state index in [4.69, 9.17) is 21.1 Å². The molecule has 0 heterocycles. The van der Waals surface area contributed by atoms with Crippen molar-refractivity contribution in [3.63, 3.8) is 0 Å². The van der Waals surface area contributed by atoms with E-state index in [1.54, 1.807) is 7.11 Å².